The molecule has 0 aliphatic heterocycles. The van der Waals surface area contributed by atoms with Crippen LogP contribution in [0, 0.1) is 0 Å². The molecular formula is C17H15N3O3. The van der Waals surface area contributed by atoms with E-state index in [1.807, 2.05) is 30.3 Å². The van der Waals surface area contributed by atoms with Gasteiger partial charge >= 0.3 is 6.09 Å². The second kappa shape index (κ2) is 6.85. The highest BCUT2D eigenvalue weighted by Gasteiger charge is 2.06. The number of hydrogen-bond donors (Lipinski definition) is 2. The third-order valence-electron chi connectivity index (χ3n) is 3.23. The lowest BCUT2D eigenvalue weighted by atomic mass is 10.2. The number of fused-ring (bicyclic) bond motifs is 1. The van der Waals surface area contributed by atoms with E-state index in [2.05, 4.69) is 15.3 Å². The van der Waals surface area contributed by atoms with Gasteiger partial charge in [-0.2, -0.15) is 0 Å². The summed E-state index contributed by atoms with van der Waals surface area (Å²) in [6, 6.07) is 12.9. The SMILES string of the molecule is O=C(Nc1cnc2cc(CO)cnc2c1)OCc1ccccc1. The molecule has 0 unspecified atom stereocenters. The van der Waals surface area contributed by atoms with Crippen LogP contribution in [0.25, 0.3) is 11.0 Å². The molecule has 0 fully saturated rings. The molecule has 0 radical (unpaired) electrons. The van der Waals surface area contributed by atoms with Gasteiger partial charge in [-0.1, -0.05) is 30.3 Å². The summed E-state index contributed by atoms with van der Waals surface area (Å²) >= 11 is 0. The van der Waals surface area contributed by atoms with Crippen molar-refractivity contribution < 1.29 is 14.6 Å². The van der Waals surface area contributed by atoms with Crippen LogP contribution in [0.2, 0.25) is 0 Å². The molecule has 0 bridgehead atoms. The van der Waals surface area contributed by atoms with Gasteiger partial charge in [-0.15, -0.1) is 0 Å². The van der Waals surface area contributed by atoms with Crippen molar-refractivity contribution in [3.8, 4) is 0 Å². The van der Waals surface area contributed by atoms with E-state index >= 15 is 0 Å². The van der Waals surface area contributed by atoms with E-state index in [-0.39, 0.29) is 13.2 Å². The van der Waals surface area contributed by atoms with Gasteiger partial charge < -0.3 is 9.84 Å². The number of pyridine rings is 2. The Balaban J connectivity index is 1.65. The van der Waals surface area contributed by atoms with Gasteiger partial charge in [0.2, 0.25) is 0 Å². The molecule has 2 heterocycles. The van der Waals surface area contributed by atoms with E-state index in [0.717, 1.165) is 5.56 Å². The molecule has 0 spiro atoms. The number of nitrogens with zero attached hydrogens (tertiary/aromatic N) is 2. The van der Waals surface area contributed by atoms with Crippen molar-refractivity contribution >= 4 is 22.8 Å². The number of rotatable bonds is 4. The van der Waals surface area contributed by atoms with Crippen LogP contribution in [0.15, 0.2) is 54.9 Å². The van der Waals surface area contributed by atoms with E-state index in [4.69, 9.17) is 9.84 Å². The first-order valence-corrected chi connectivity index (χ1v) is 7.08. The normalized spacial score (nSPS) is 10.5. The molecule has 3 rings (SSSR count). The molecule has 3 aromatic rings. The topological polar surface area (TPSA) is 84.3 Å². The molecule has 0 atom stereocenters. The largest absolute Gasteiger partial charge is 0.444 e. The highest BCUT2D eigenvalue weighted by Crippen LogP contribution is 2.16. The quantitative estimate of drug-likeness (QED) is 0.774. The molecule has 2 aromatic heterocycles. The van der Waals surface area contributed by atoms with Gasteiger partial charge in [0.1, 0.15) is 6.61 Å². The molecule has 0 aliphatic rings. The summed E-state index contributed by atoms with van der Waals surface area (Å²) in [7, 11) is 0. The third kappa shape index (κ3) is 3.81. The Hall–Kier alpha value is -2.99. The summed E-state index contributed by atoms with van der Waals surface area (Å²) in [6.07, 6.45) is 2.54. The first-order valence-electron chi connectivity index (χ1n) is 7.08. The van der Waals surface area contributed by atoms with E-state index < -0.39 is 6.09 Å². The Morgan fingerprint density at radius 3 is 2.57 bits per heavy atom. The maximum atomic E-state index is 11.8. The zero-order valence-electron chi connectivity index (χ0n) is 12.3. The lowest BCUT2D eigenvalue weighted by molar-refractivity contribution is 0.155. The number of aliphatic hydroxyl groups excluding tert-OH is 1. The van der Waals surface area contributed by atoms with Crippen LogP contribution in [0.4, 0.5) is 10.5 Å². The molecule has 2 N–H and O–H groups in total. The second-order valence-electron chi connectivity index (χ2n) is 4.95. The predicted molar refractivity (Wildman–Crippen MR) is 85.7 cm³/mol. The molecule has 0 aliphatic carbocycles. The van der Waals surface area contributed by atoms with Gasteiger partial charge in [0.05, 0.1) is 29.5 Å². The van der Waals surface area contributed by atoms with Crippen molar-refractivity contribution in [3.05, 3.63) is 66.0 Å². The van der Waals surface area contributed by atoms with Gasteiger partial charge in [-0.05, 0) is 23.3 Å². The van der Waals surface area contributed by atoms with Crippen LogP contribution in [0.3, 0.4) is 0 Å². The number of aliphatic hydroxyl groups is 1. The highest BCUT2D eigenvalue weighted by atomic mass is 16.5. The number of carbonyl (C=O) groups excluding carboxylic acids is 1. The number of carbonyl (C=O) groups is 1. The minimum Gasteiger partial charge on any atom is -0.444 e. The van der Waals surface area contributed by atoms with Gasteiger partial charge in [0.25, 0.3) is 0 Å². The summed E-state index contributed by atoms with van der Waals surface area (Å²) in [5, 5.41) is 11.7. The maximum absolute atomic E-state index is 11.8. The summed E-state index contributed by atoms with van der Waals surface area (Å²) in [6.45, 7) is 0.113. The number of aromatic nitrogens is 2. The number of hydrogen-bond acceptors (Lipinski definition) is 5. The average molecular weight is 309 g/mol. The van der Waals surface area contributed by atoms with E-state index in [0.29, 0.717) is 22.3 Å². The summed E-state index contributed by atoms with van der Waals surface area (Å²) in [5.74, 6) is 0. The minimum absolute atomic E-state index is 0.0869. The number of benzene rings is 1. The van der Waals surface area contributed by atoms with Crippen LogP contribution in [0.5, 0.6) is 0 Å². The number of amides is 1. The van der Waals surface area contributed by atoms with Crippen molar-refractivity contribution in [1.29, 1.82) is 0 Å². The van der Waals surface area contributed by atoms with Gasteiger partial charge in [0.15, 0.2) is 0 Å². The molecule has 23 heavy (non-hydrogen) atoms. The molecule has 6 heteroatoms. The molecular weight excluding hydrogens is 294 g/mol. The lowest BCUT2D eigenvalue weighted by Crippen LogP contribution is -2.13. The lowest BCUT2D eigenvalue weighted by Gasteiger charge is -2.07. The first kappa shape index (κ1) is 14.9. The van der Waals surface area contributed by atoms with Crippen molar-refractivity contribution in [2.45, 2.75) is 13.2 Å². The Morgan fingerprint density at radius 2 is 1.78 bits per heavy atom. The van der Waals surface area contributed by atoms with Gasteiger partial charge in [-0.25, -0.2) is 4.79 Å². The molecule has 6 nitrogen and oxygen atoms in total. The van der Waals surface area contributed by atoms with Crippen molar-refractivity contribution in [2.24, 2.45) is 0 Å². The van der Waals surface area contributed by atoms with Crippen LogP contribution >= 0.6 is 0 Å². The Morgan fingerprint density at radius 1 is 1.04 bits per heavy atom. The van der Waals surface area contributed by atoms with Crippen molar-refractivity contribution in [1.82, 2.24) is 9.97 Å². The smallest absolute Gasteiger partial charge is 0.412 e. The number of nitrogens with one attached hydrogen (secondary N) is 1. The predicted octanol–water partition coefficient (Wildman–Crippen LogP) is 2.87. The van der Waals surface area contributed by atoms with Crippen molar-refractivity contribution in [3.63, 3.8) is 0 Å². The fraction of sp³-hybridized carbons (Fsp3) is 0.118. The average Bonchev–Trinajstić information content (AvgIpc) is 2.60. The highest BCUT2D eigenvalue weighted by molar-refractivity contribution is 5.87. The first-order chi connectivity index (χ1) is 11.2. The maximum Gasteiger partial charge on any atom is 0.412 e. The fourth-order valence-electron chi connectivity index (χ4n) is 2.08. The Kier molecular flexibility index (Phi) is 4.44. The molecule has 0 saturated heterocycles. The van der Waals surface area contributed by atoms with E-state index in [1.165, 1.54) is 6.20 Å². The number of anilines is 1. The van der Waals surface area contributed by atoms with Gasteiger partial charge in [0, 0.05) is 6.20 Å². The van der Waals surface area contributed by atoms with Crippen molar-refractivity contribution in [2.75, 3.05) is 5.32 Å². The molecule has 1 amide bonds. The Labute approximate surface area is 132 Å². The van der Waals surface area contributed by atoms with Gasteiger partial charge in [-0.3, -0.25) is 15.3 Å². The number of ether oxygens (including phenoxy) is 1. The van der Waals surface area contributed by atoms with Crippen LogP contribution < -0.4 is 5.32 Å². The standard InChI is InChI=1S/C17H15N3O3/c21-10-13-6-15-16(18-8-13)7-14(9-19-15)20-17(22)23-11-12-4-2-1-3-5-12/h1-9,21H,10-11H2,(H,20,22). The molecule has 116 valence electrons. The zero-order valence-corrected chi connectivity index (χ0v) is 12.3. The van der Waals surface area contributed by atoms with Crippen LogP contribution in [0.1, 0.15) is 11.1 Å². The summed E-state index contributed by atoms with van der Waals surface area (Å²) in [4.78, 5) is 20.2. The Bertz CT molecular complexity index is 822. The van der Waals surface area contributed by atoms with E-state index in [1.54, 1.807) is 18.3 Å². The monoisotopic (exact) mass is 309 g/mol. The fourth-order valence-corrected chi connectivity index (χ4v) is 2.08. The van der Waals surface area contributed by atoms with Crippen LogP contribution in [-0.2, 0) is 18.0 Å². The molecule has 0 saturated carbocycles. The molecule has 1 aromatic carbocycles. The third-order valence-corrected chi connectivity index (χ3v) is 3.23. The second-order valence-corrected chi connectivity index (χ2v) is 4.95. The zero-order chi connectivity index (χ0) is 16.1. The van der Waals surface area contributed by atoms with E-state index in [9.17, 15) is 4.79 Å². The minimum atomic E-state index is -0.554. The summed E-state index contributed by atoms with van der Waals surface area (Å²) in [5.41, 5.74) is 3.38. The van der Waals surface area contributed by atoms with Crippen LogP contribution in [-0.4, -0.2) is 21.2 Å². The summed E-state index contributed by atoms with van der Waals surface area (Å²) < 4.78 is 5.15.